The zero-order chi connectivity index (χ0) is 19.8. The van der Waals surface area contributed by atoms with Crippen LogP contribution in [0.15, 0.2) is 42.5 Å². The van der Waals surface area contributed by atoms with E-state index in [0.29, 0.717) is 35.8 Å². The van der Waals surface area contributed by atoms with Crippen molar-refractivity contribution in [3.8, 4) is 11.5 Å². The first-order chi connectivity index (χ1) is 13.5. The average Bonchev–Trinajstić information content (AvgIpc) is 3.18. The smallest absolute Gasteiger partial charge is 0.254 e. The van der Waals surface area contributed by atoms with Gasteiger partial charge in [-0.15, -0.1) is 12.4 Å². The predicted octanol–water partition coefficient (Wildman–Crippen LogP) is 3.90. The largest absolute Gasteiger partial charge is 0.508 e. The Hall–Kier alpha value is -2.24. The Labute approximate surface area is 178 Å². The van der Waals surface area contributed by atoms with Crippen LogP contribution in [0.3, 0.4) is 0 Å². The zero-order valence-electron chi connectivity index (χ0n) is 17.2. The number of aryl methyl sites for hydroxylation is 1. The van der Waals surface area contributed by atoms with Crippen molar-refractivity contribution in [1.29, 1.82) is 0 Å². The number of benzene rings is 2. The summed E-state index contributed by atoms with van der Waals surface area (Å²) >= 11 is 0. The molecule has 156 valence electrons. The molecule has 3 atom stereocenters. The molecule has 1 amide bonds. The topological polar surface area (TPSA) is 53.0 Å². The van der Waals surface area contributed by atoms with Gasteiger partial charge in [0.25, 0.3) is 5.91 Å². The summed E-state index contributed by atoms with van der Waals surface area (Å²) in [5.41, 5.74) is 3.16. The lowest BCUT2D eigenvalue weighted by Gasteiger charge is -2.28. The van der Waals surface area contributed by atoms with Crippen LogP contribution in [0.2, 0.25) is 0 Å². The van der Waals surface area contributed by atoms with Crippen LogP contribution in [-0.4, -0.2) is 54.1 Å². The van der Waals surface area contributed by atoms with Crippen LogP contribution in [0.4, 0.5) is 0 Å². The molecule has 2 saturated heterocycles. The van der Waals surface area contributed by atoms with Crippen LogP contribution < -0.4 is 4.74 Å². The molecule has 2 aliphatic rings. The number of hydrogen-bond acceptors (Lipinski definition) is 4. The summed E-state index contributed by atoms with van der Waals surface area (Å²) in [6, 6.07) is 13.7. The van der Waals surface area contributed by atoms with E-state index in [1.54, 1.807) is 12.1 Å². The number of phenols is 1. The van der Waals surface area contributed by atoms with Crippen LogP contribution in [0.5, 0.6) is 11.5 Å². The SMILES string of the molecule is CCOc1cc(O)cc(C(=O)N2C[C@@H]3CN(C)[C@H](c4ccccc4C)[C@@H]3C2)c1.Cl. The first kappa shape index (κ1) is 21.5. The minimum atomic E-state index is -0.0301. The van der Waals surface area contributed by atoms with E-state index in [2.05, 4.69) is 43.1 Å². The van der Waals surface area contributed by atoms with E-state index in [1.165, 1.54) is 17.2 Å². The van der Waals surface area contributed by atoms with Gasteiger partial charge in [0.1, 0.15) is 11.5 Å². The van der Waals surface area contributed by atoms with Gasteiger partial charge in [-0.1, -0.05) is 24.3 Å². The Morgan fingerprint density at radius 3 is 2.66 bits per heavy atom. The number of carbonyl (C=O) groups excluding carboxylic acids is 1. The molecule has 0 unspecified atom stereocenters. The Balaban J connectivity index is 0.00000240. The standard InChI is InChI=1S/C23H28N2O3.ClH/c1-4-28-19-10-16(9-18(26)11-19)23(27)25-13-17-12-24(3)22(21(17)14-25)20-8-6-5-7-15(20)2;/h5-11,17,21-22,26H,4,12-14H2,1-3H3;1H/t17-,21+,22+;/m0./s1. The summed E-state index contributed by atoms with van der Waals surface area (Å²) < 4.78 is 5.48. The number of rotatable bonds is 4. The third-order valence-electron chi connectivity index (χ3n) is 6.14. The lowest BCUT2D eigenvalue weighted by atomic mass is 9.88. The van der Waals surface area contributed by atoms with Crippen molar-refractivity contribution in [3.63, 3.8) is 0 Å². The molecule has 2 aromatic rings. The van der Waals surface area contributed by atoms with Crippen molar-refractivity contribution in [2.24, 2.45) is 11.8 Å². The highest BCUT2D eigenvalue weighted by molar-refractivity contribution is 5.95. The minimum Gasteiger partial charge on any atom is -0.508 e. The van der Waals surface area contributed by atoms with Gasteiger partial charge in [-0.25, -0.2) is 0 Å². The number of hydrogen-bond donors (Lipinski definition) is 1. The number of amides is 1. The van der Waals surface area contributed by atoms with Crippen LogP contribution in [0.25, 0.3) is 0 Å². The van der Waals surface area contributed by atoms with E-state index in [0.717, 1.165) is 19.6 Å². The molecular weight excluding hydrogens is 388 g/mol. The molecule has 0 aromatic heterocycles. The maximum Gasteiger partial charge on any atom is 0.254 e. The molecule has 29 heavy (non-hydrogen) atoms. The zero-order valence-corrected chi connectivity index (χ0v) is 18.0. The molecule has 0 aliphatic carbocycles. The number of carbonyl (C=O) groups is 1. The fourth-order valence-corrected chi connectivity index (χ4v) is 4.95. The number of phenolic OH excluding ortho intramolecular Hbond substituents is 1. The molecule has 2 aliphatic heterocycles. The van der Waals surface area contributed by atoms with E-state index in [9.17, 15) is 9.90 Å². The number of ether oxygens (including phenoxy) is 1. The molecule has 0 bridgehead atoms. The Bertz CT molecular complexity index is 888. The Kier molecular flexibility index (Phi) is 6.39. The van der Waals surface area contributed by atoms with E-state index in [1.807, 2.05) is 11.8 Å². The van der Waals surface area contributed by atoms with Gasteiger partial charge in [-0.05, 0) is 50.1 Å². The van der Waals surface area contributed by atoms with Gasteiger partial charge in [0.15, 0.2) is 0 Å². The van der Waals surface area contributed by atoms with Crippen LogP contribution >= 0.6 is 12.4 Å². The third-order valence-corrected chi connectivity index (χ3v) is 6.14. The molecule has 2 heterocycles. The number of halogens is 1. The molecule has 0 spiro atoms. The van der Waals surface area contributed by atoms with Crippen molar-refractivity contribution in [2.45, 2.75) is 19.9 Å². The lowest BCUT2D eigenvalue weighted by molar-refractivity contribution is 0.0767. The molecule has 0 radical (unpaired) electrons. The monoisotopic (exact) mass is 416 g/mol. The number of aromatic hydroxyl groups is 1. The maximum atomic E-state index is 13.1. The van der Waals surface area contributed by atoms with Crippen molar-refractivity contribution in [2.75, 3.05) is 33.3 Å². The van der Waals surface area contributed by atoms with Gasteiger partial charge < -0.3 is 14.7 Å². The molecule has 5 nitrogen and oxygen atoms in total. The second-order valence-electron chi connectivity index (χ2n) is 8.02. The summed E-state index contributed by atoms with van der Waals surface area (Å²) in [4.78, 5) is 17.5. The second-order valence-corrected chi connectivity index (χ2v) is 8.02. The Morgan fingerprint density at radius 1 is 1.17 bits per heavy atom. The quantitative estimate of drug-likeness (QED) is 0.821. The van der Waals surface area contributed by atoms with Crippen LogP contribution in [0.1, 0.15) is 34.5 Å². The lowest BCUT2D eigenvalue weighted by Crippen LogP contribution is -2.33. The summed E-state index contributed by atoms with van der Waals surface area (Å²) in [5.74, 6) is 1.47. The van der Waals surface area contributed by atoms with Gasteiger partial charge in [0.05, 0.1) is 6.61 Å². The summed E-state index contributed by atoms with van der Waals surface area (Å²) in [5, 5.41) is 9.97. The maximum absolute atomic E-state index is 13.1. The molecule has 2 aromatic carbocycles. The first-order valence-corrected chi connectivity index (χ1v) is 9.99. The fourth-order valence-electron chi connectivity index (χ4n) is 4.95. The Morgan fingerprint density at radius 2 is 1.93 bits per heavy atom. The van der Waals surface area contributed by atoms with Gasteiger partial charge >= 0.3 is 0 Å². The van der Waals surface area contributed by atoms with E-state index in [-0.39, 0.29) is 24.1 Å². The van der Waals surface area contributed by atoms with Gasteiger partial charge in [-0.2, -0.15) is 0 Å². The number of likely N-dealkylation sites (tertiary alicyclic amines) is 2. The molecule has 6 heteroatoms. The van der Waals surface area contributed by atoms with Crippen molar-refractivity contribution in [1.82, 2.24) is 9.80 Å². The minimum absolute atomic E-state index is 0. The molecule has 0 saturated carbocycles. The predicted molar refractivity (Wildman–Crippen MR) is 116 cm³/mol. The van der Waals surface area contributed by atoms with Gasteiger partial charge in [0.2, 0.25) is 0 Å². The first-order valence-electron chi connectivity index (χ1n) is 9.99. The summed E-state index contributed by atoms with van der Waals surface area (Å²) in [7, 11) is 2.19. The molecule has 2 fully saturated rings. The van der Waals surface area contributed by atoms with E-state index >= 15 is 0 Å². The highest BCUT2D eigenvalue weighted by atomic mass is 35.5. The highest BCUT2D eigenvalue weighted by Gasteiger charge is 2.47. The van der Waals surface area contributed by atoms with Gasteiger partial charge in [-0.3, -0.25) is 9.69 Å². The van der Waals surface area contributed by atoms with Crippen LogP contribution in [-0.2, 0) is 0 Å². The van der Waals surface area contributed by atoms with Crippen LogP contribution in [0, 0.1) is 18.8 Å². The van der Waals surface area contributed by atoms with E-state index < -0.39 is 0 Å². The normalized spacial score (nSPS) is 23.6. The summed E-state index contributed by atoms with van der Waals surface area (Å²) in [6.45, 7) is 7.04. The van der Waals surface area contributed by atoms with Crippen molar-refractivity contribution >= 4 is 18.3 Å². The third kappa shape index (κ3) is 4.07. The molecule has 1 N–H and O–H groups in total. The highest BCUT2D eigenvalue weighted by Crippen LogP contribution is 2.45. The number of fused-ring (bicyclic) bond motifs is 1. The van der Waals surface area contributed by atoms with E-state index in [4.69, 9.17) is 4.74 Å². The molecular formula is C23H29ClN2O3. The second kappa shape index (κ2) is 8.64. The number of nitrogens with zero attached hydrogens (tertiary/aromatic N) is 2. The fraction of sp³-hybridized carbons (Fsp3) is 0.435. The molecule has 4 rings (SSSR count). The summed E-state index contributed by atoms with van der Waals surface area (Å²) in [6.07, 6.45) is 0. The van der Waals surface area contributed by atoms with Crippen molar-refractivity contribution in [3.05, 3.63) is 59.2 Å². The average molecular weight is 417 g/mol. The van der Waals surface area contributed by atoms with Gasteiger partial charge in [0, 0.05) is 43.2 Å². The van der Waals surface area contributed by atoms with Crippen molar-refractivity contribution < 1.29 is 14.6 Å².